The van der Waals surface area contributed by atoms with Crippen LogP contribution in [0.5, 0.6) is 0 Å². The molecule has 0 amide bonds. The fraction of sp³-hybridized carbons (Fsp3) is 0.647. The third-order valence-electron chi connectivity index (χ3n) is 5.55. The Morgan fingerprint density at radius 1 is 1.06 bits per heavy atom. The van der Waals surface area contributed by atoms with E-state index in [-0.39, 0.29) is 22.9 Å². The van der Waals surface area contributed by atoms with Gasteiger partial charge in [-0.2, -0.15) is 0 Å². The van der Waals surface area contributed by atoms with E-state index in [1.165, 1.54) is 5.56 Å². The quantitative estimate of drug-likeness (QED) is 0.843. The highest BCUT2D eigenvalue weighted by molar-refractivity contribution is 5.25. The highest BCUT2D eigenvalue weighted by Crippen LogP contribution is 2.70. The molecular formula is C17H26O. The Hall–Kier alpha value is -0.820. The van der Waals surface area contributed by atoms with Gasteiger partial charge in [0.25, 0.3) is 0 Å². The molecule has 0 aromatic heterocycles. The van der Waals surface area contributed by atoms with Gasteiger partial charge in [-0.1, -0.05) is 65.0 Å². The van der Waals surface area contributed by atoms with Crippen molar-refractivity contribution < 1.29 is 5.11 Å². The average molecular weight is 246 g/mol. The molecule has 0 spiro atoms. The second kappa shape index (κ2) is 4.38. The van der Waals surface area contributed by atoms with Crippen molar-refractivity contribution in [2.45, 2.75) is 53.1 Å². The summed E-state index contributed by atoms with van der Waals surface area (Å²) in [5.41, 5.74) is 1.76. The van der Waals surface area contributed by atoms with Crippen LogP contribution in [0.2, 0.25) is 0 Å². The molecule has 1 aliphatic carbocycles. The van der Waals surface area contributed by atoms with Gasteiger partial charge in [-0.05, 0) is 28.7 Å². The topological polar surface area (TPSA) is 20.2 Å². The molecule has 100 valence electrons. The molecule has 18 heavy (non-hydrogen) atoms. The number of hydrogen-bond donors (Lipinski definition) is 1. The van der Waals surface area contributed by atoms with Crippen LogP contribution in [-0.4, -0.2) is 11.2 Å². The largest absolute Gasteiger partial charge is 0.392 e. The standard InChI is InChI=1S/C17H26O/c1-6-13(12-10-8-7-9-11-12)14(18)15-16(2,3)17(15,4)5/h7-11,13-15,18H,6H2,1-5H3. The maximum absolute atomic E-state index is 10.8. The van der Waals surface area contributed by atoms with Crippen molar-refractivity contribution in [2.24, 2.45) is 16.7 Å². The number of aliphatic hydroxyl groups excluding tert-OH is 1. The molecule has 1 saturated carbocycles. The SMILES string of the molecule is CCC(c1ccccc1)C(O)C1C(C)(C)C1(C)C. The first-order chi connectivity index (χ1) is 8.34. The Balaban J connectivity index is 2.21. The molecule has 1 aromatic rings. The van der Waals surface area contributed by atoms with Gasteiger partial charge in [0.15, 0.2) is 0 Å². The van der Waals surface area contributed by atoms with Crippen molar-refractivity contribution >= 4 is 0 Å². The second-order valence-corrected chi connectivity index (χ2v) is 6.84. The van der Waals surface area contributed by atoms with E-state index in [4.69, 9.17) is 0 Å². The summed E-state index contributed by atoms with van der Waals surface area (Å²) in [7, 11) is 0. The van der Waals surface area contributed by atoms with E-state index < -0.39 is 0 Å². The summed E-state index contributed by atoms with van der Waals surface area (Å²) in [4.78, 5) is 0. The first kappa shape index (κ1) is 13.6. The normalized spacial score (nSPS) is 24.6. The smallest absolute Gasteiger partial charge is 0.0647 e. The molecule has 0 heterocycles. The highest BCUT2D eigenvalue weighted by Gasteiger charge is 2.67. The van der Waals surface area contributed by atoms with Gasteiger partial charge in [-0.3, -0.25) is 0 Å². The van der Waals surface area contributed by atoms with Crippen molar-refractivity contribution in [3.05, 3.63) is 35.9 Å². The molecule has 0 aliphatic heterocycles. The maximum atomic E-state index is 10.8. The van der Waals surface area contributed by atoms with Gasteiger partial charge >= 0.3 is 0 Å². The Morgan fingerprint density at radius 3 is 1.94 bits per heavy atom. The average Bonchev–Trinajstić information content (AvgIpc) is 2.71. The van der Waals surface area contributed by atoms with Crippen molar-refractivity contribution in [1.82, 2.24) is 0 Å². The highest BCUT2D eigenvalue weighted by atomic mass is 16.3. The Kier molecular flexibility index (Phi) is 3.31. The number of aliphatic hydroxyl groups is 1. The molecule has 0 saturated heterocycles. The zero-order valence-corrected chi connectivity index (χ0v) is 12.3. The van der Waals surface area contributed by atoms with E-state index in [2.05, 4.69) is 58.9 Å². The molecule has 1 fully saturated rings. The van der Waals surface area contributed by atoms with Gasteiger partial charge in [0.1, 0.15) is 0 Å². The van der Waals surface area contributed by atoms with Crippen molar-refractivity contribution in [2.75, 3.05) is 0 Å². The fourth-order valence-corrected chi connectivity index (χ4v) is 3.71. The van der Waals surface area contributed by atoms with E-state index in [1.54, 1.807) is 0 Å². The summed E-state index contributed by atoms with van der Waals surface area (Å²) in [6.07, 6.45) is 0.760. The van der Waals surface area contributed by atoms with E-state index in [1.807, 2.05) is 6.07 Å². The monoisotopic (exact) mass is 246 g/mol. The molecule has 0 radical (unpaired) electrons. The molecule has 0 bridgehead atoms. The summed E-state index contributed by atoms with van der Waals surface area (Å²) in [5, 5.41) is 10.8. The minimum atomic E-state index is -0.234. The molecule has 1 N–H and O–H groups in total. The molecule has 1 heteroatoms. The summed E-state index contributed by atoms with van der Waals surface area (Å²) >= 11 is 0. The van der Waals surface area contributed by atoms with Crippen LogP contribution in [0.4, 0.5) is 0 Å². The Bertz CT molecular complexity index is 391. The first-order valence-corrected chi connectivity index (χ1v) is 7.07. The van der Waals surface area contributed by atoms with Crippen molar-refractivity contribution in [3.8, 4) is 0 Å². The van der Waals surface area contributed by atoms with Crippen LogP contribution < -0.4 is 0 Å². The van der Waals surface area contributed by atoms with E-state index >= 15 is 0 Å². The summed E-state index contributed by atoms with van der Waals surface area (Å²) in [6, 6.07) is 10.4. The second-order valence-electron chi connectivity index (χ2n) is 6.84. The first-order valence-electron chi connectivity index (χ1n) is 7.07. The third kappa shape index (κ3) is 1.89. The Labute approximate surface area is 111 Å². The lowest BCUT2D eigenvalue weighted by molar-refractivity contribution is 0.0981. The van der Waals surface area contributed by atoms with Crippen LogP contribution in [0.15, 0.2) is 30.3 Å². The van der Waals surface area contributed by atoms with Crippen LogP contribution >= 0.6 is 0 Å². The van der Waals surface area contributed by atoms with Crippen LogP contribution in [0.3, 0.4) is 0 Å². The predicted molar refractivity (Wildman–Crippen MR) is 76.5 cm³/mol. The molecule has 1 aliphatic rings. The fourth-order valence-electron chi connectivity index (χ4n) is 3.71. The molecule has 2 unspecified atom stereocenters. The predicted octanol–water partition coefficient (Wildman–Crippen LogP) is 4.22. The van der Waals surface area contributed by atoms with Gasteiger partial charge in [-0.15, -0.1) is 0 Å². The van der Waals surface area contributed by atoms with E-state index in [9.17, 15) is 5.11 Å². The third-order valence-corrected chi connectivity index (χ3v) is 5.55. The molecule has 2 rings (SSSR count). The van der Waals surface area contributed by atoms with E-state index in [0.717, 1.165) is 6.42 Å². The van der Waals surface area contributed by atoms with Crippen LogP contribution in [0.25, 0.3) is 0 Å². The lowest BCUT2D eigenvalue weighted by Gasteiger charge is -2.24. The summed E-state index contributed by atoms with van der Waals surface area (Å²) in [5.74, 6) is 0.660. The molecule has 1 nitrogen and oxygen atoms in total. The number of hydrogen-bond acceptors (Lipinski definition) is 1. The number of benzene rings is 1. The zero-order valence-electron chi connectivity index (χ0n) is 12.3. The van der Waals surface area contributed by atoms with Crippen molar-refractivity contribution in [3.63, 3.8) is 0 Å². The minimum absolute atomic E-state index is 0.234. The van der Waals surface area contributed by atoms with Gasteiger partial charge in [-0.25, -0.2) is 0 Å². The van der Waals surface area contributed by atoms with Crippen LogP contribution in [0.1, 0.15) is 52.5 Å². The summed E-state index contributed by atoms with van der Waals surface area (Å²) in [6.45, 7) is 11.3. The van der Waals surface area contributed by atoms with Gasteiger partial charge in [0.2, 0.25) is 0 Å². The Morgan fingerprint density at radius 2 is 1.56 bits per heavy atom. The van der Waals surface area contributed by atoms with Gasteiger partial charge in [0.05, 0.1) is 6.10 Å². The van der Waals surface area contributed by atoms with Gasteiger partial charge in [0, 0.05) is 5.92 Å². The molecule has 1 aromatic carbocycles. The maximum Gasteiger partial charge on any atom is 0.0647 e. The van der Waals surface area contributed by atoms with Crippen LogP contribution in [-0.2, 0) is 0 Å². The lowest BCUT2D eigenvalue weighted by Crippen LogP contribution is -2.23. The summed E-state index contributed by atoms with van der Waals surface area (Å²) < 4.78 is 0. The van der Waals surface area contributed by atoms with E-state index in [0.29, 0.717) is 5.92 Å². The van der Waals surface area contributed by atoms with Gasteiger partial charge < -0.3 is 5.11 Å². The zero-order chi connectivity index (χ0) is 13.6. The lowest BCUT2D eigenvalue weighted by atomic mass is 9.86. The molecular weight excluding hydrogens is 220 g/mol. The van der Waals surface area contributed by atoms with Crippen LogP contribution in [0, 0.1) is 16.7 Å². The minimum Gasteiger partial charge on any atom is -0.392 e. The number of rotatable bonds is 4. The molecule has 2 atom stereocenters. The van der Waals surface area contributed by atoms with Crippen molar-refractivity contribution in [1.29, 1.82) is 0 Å².